The lowest BCUT2D eigenvalue weighted by Gasteiger charge is -2.24. The van der Waals surface area contributed by atoms with Crippen LogP contribution in [0.4, 0.5) is 4.79 Å². The summed E-state index contributed by atoms with van der Waals surface area (Å²) in [4.78, 5) is 24.1. The van der Waals surface area contributed by atoms with Crippen LogP contribution in [0.5, 0.6) is 0 Å². The molecular weight excluding hydrogens is 288 g/mol. The first-order chi connectivity index (χ1) is 10.1. The van der Waals surface area contributed by atoms with Gasteiger partial charge in [-0.3, -0.25) is 4.68 Å². The molecule has 0 aliphatic carbocycles. The summed E-state index contributed by atoms with van der Waals surface area (Å²) < 4.78 is 6.77. The molecule has 0 unspecified atom stereocenters. The van der Waals surface area contributed by atoms with Crippen LogP contribution in [0.1, 0.15) is 37.0 Å². The van der Waals surface area contributed by atoms with E-state index in [1.165, 1.54) is 15.6 Å². The topological polar surface area (TPSA) is 96.7 Å². The third kappa shape index (κ3) is 5.72. The van der Waals surface area contributed by atoms with Gasteiger partial charge in [0.15, 0.2) is 5.69 Å². The van der Waals surface area contributed by atoms with Crippen LogP contribution < -0.4 is 5.32 Å². The van der Waals surface area contributed by atoms with E-state index in [0.29, 0.717) is 19.6 Å². The van der Waals surface area contributed by atoms with Crippen molar-refractivity contribution in [3.8, 4) is 0 Å². The molecule has 0 saturated carbocycles. The second-order valence-electron chi connectivity index (χ2n) is 6.03. The lowest BCUT2D eigenvalue weighted by molar-refractivity contribution is 0.0300. The molecule has 1 heterocycles. The summed E-state index contributed by atoms with van der Waals surface area (Å²) in [6, 6.07) is 1.52. The fourth-order valence-corrected chi connectivity index (χ4v) is 1.67. The van der Waals surface area contributed by atoms with Crippen LogP contribution >= 0.6 is 0 Å². The van der Waals surface area contributed by atoms with Crippen LogP contribution in [-0.2, 0) is 18.3 Å². The van der Waals surface area contributed by atoms with Gasteiger partial charge < -0.3 is 20.1 Å². The van der Waals surface area contributed by atoms with E-state index in [-0.39, 0.29) is 11.8 Å². The van der Waals surface area contributed by atoms with E-state index in [9.17, 15) is 9.59 Å². The highest BCUT2D eigenvalue weighted by Gasteiger charge is 2.19. The Morgan fingerprint density at radius 1 is 1.45 bits per heavy atom. The van der Waals surface area contributed by atoms with Crippen LogP contribution in [0.2, 0.25) is 0 Å². The minimum atomic E-state index is -1.05. The van der Waals surface area contributed by atoms with Gasteiger partial charge >= 0.3 is 12.1 Å². The van der Waals surface area contributed by atoms with Gasteiger partial charge in [0.05, 0.1) is 5.69 Å². The van der Waals surface area contributed by atoms with Crippen molar-refractivity contribution in [2.75, 3.05) is 20.1 Å². The van der Waals surface area contributed by atoms with Gasteiger partial charge in [-0.2, -0.15) is 5.10 Å². The first kappa shape index (κ1) is 18.0. The number of ether oxygens (including phenoxy) is 1. The zero-order valence-electron chi connectivity index (χ0n) is 13.7. The number of nitrogens with zero attached hydrogens (tertiary/aromatic N) is 3. The van der Waals surface area contributed by atoms with Crippen molar-refractivity contribution in [3.63, 3.8) is 0 Å². The molecule has 1 rings (SSSR count). The third-order valence-electron chi connectivity index (χ3n) is 2.83. The Kier molecular flexibility index (Phi) is 5.92. The average molecular weight is 312 g/mol. The number of aromatic nitrogens is 2. The fourth-order valence-electron chi connectivity index (χ4n) is 1.67. The number of carboxylic acids is 1. The molecule has 1 aromatic heterocycles. The Hall–Kier alpha value is -2.09. The monoisotopic (exact) mass is 312 g/mol. The first-order valence-electron chi connectivity index (χ1n) is 7.01. The quantitative estimate of drug-likeness (QED) is 0.763. The number of aromatic carboxylic acids is 1. The Balaban J connectivity index is 2.36. The summed E-state index contributed by atoms with van der Waals surface area (Å²) in [5.74, 6) is -1.05. The Bertz CT molecular complexity index is 533. The van der Waals surface area contributed by atoms with Gasteiger partial charge in [-0.25, -0.2) is 9.59 Å². The standard InChI is InChI=1S/C14H24N4O4/c1-14(2,3)22-13(21)17(4)7-6-15-9-10-8-11(12(19)20)16-18(10)5/h8,15H,6-7,9H2,1-5H3,(H,19,20). The van der Waals surface area contributed by atoms with Crippen LogP contribution in [0.25, 0.3) is 0 Å². The molecule has 0 spiro atoms. The van der Waals surface area contributed by atoms with Crippen LogP contribution in [0.15, 0.2) is 6.07 Å². The van der Waals surface area contributed by atoms with Gasteiger partial charge in [0.1, 0.15) is 5.60 Å². The SMILES string of the molecule is CN(CCNCc1cc(C(=O)O)nn1C)C(=O)OC(C)(C)C. The van der Waals surface area contributed by atoms with Gasteiger partial charge in [-0.15, -0.1) is 0 Å². The van der Waals surface area contributed by atoms with Crippen molar-refractivity contribution < 1.29 is 19.4 Å². The number of carbonyl (C=O) groups excluding carboxylic acids is 1. The normalized spacial score (nSPS) is 11.3. The number of carboxylic acid groups (broad SMARTS) is 1. The second-order valence-corrected chi connectivity index (χ2v) is 6.03. The van der Waals surface area contributed by atoms with Crippen molar-refractivity contribution in [1.82, 2.24) is 20.0 Å². The maximum Gasteiger partial charge on any atom is 0.410 e. The van der Waals surface area contributed by atoms with Crippen LogP contribution in [0.3, 0.4) is 0 Å². The van der Waals surface area contributed by atoms with Crippen LogP contribution in [-0.4, -0.2) is 57.6 Å². The summed E-state index contributed by atoms with van der Waals surface area (Å²) in [7, 11) is 3.36. The second kappa shape index (κ2) is 7.26. The number of nitrogens with one attached hydrogen (secondary N) is 1. The number of hydrogen-bond acceptors (Lipinski definition) is 5. The summed E-state index contributed by atoms with van der Waals surface area (Å²) in [6.45, 7) is 6.97. The van der Waals surface area contributed by atoms with Crippen molar-refractivity contribution in [2.45, 2.75) is 32.9 Å². The molecule has 1 aromatic rings. The zero-order valence-corrected chi connectivity index (χ0v) is 13.7. The van der Waals surface area contributed by atoms with Gasteiger partial charge in [0.25, 0.3) is 0 Å². The number of aryl methyl sites for hydroxylation is 1. The molecule has 0 aliphatic heterocycles. The van der Waals surface area contributed by atoms with Crippen molar-refractivity contribution in [1.29, 1.82) is 0 Å². The Morgan fingerprint density at radius 3 is 2.59 bits per heavy atom. The molecule has 0 radical (unpaired) electrons. The molecule has 0 bridgehead atoms. The number of carbonyl (C=O) groups is 2. The molecule has 0 aromatic carbocycles. The highest BCUT2D eigenvalue weighted by atomic mass is 16.6. The van der Waals surface area contributed by atoms with Crippen molar-refractivity contribution in [3.05, 3.63) is 17.5 Å². The van der Waals surface area contributed by atoms with E-state index in [1.54, 1.807) is 14.1 Å². The highest BCUT2D eigenvalue weighted by molar-refractivity contribution is 5.85. The molecule has 2 N–H and O–H groups in total. The molecule has 0 aliphatic rings. The van der Waals surface area contributed by atoms with E-state index in [1.807, 2.05) is 20.8 Å². The fraction of sp³-hybridized carbons (Fsp3) is 0.643. The number of hydrogen-bond donors (Lipinski definition) is 2. The highest BCUT2D eigenvalue weighted by Crippen LogP contribution is 2.08. The first-order valence-corrected chi connectivity index (χ1v) is 7.01. The molecule has 0 fully saturated rings. The zero-order chi connectivity index (χ0) is 16.9. The van der Waals surface area contributed by atoms with Gasteiger partial charge in [-0.05, 0) is 26.8 Å². The Labute approximate surface area is 130 Å². The Morgan fingerprint density at radius 2 is 2.09 bits per heavy atom. The smallest absolute Gasteiger partial charge is 0.410 e. The average Bonchev–Trinajstić information content (AvgIpc) is 2.74. The molecule has 0 atom stereocenters. The van der Waals surface area contributed by atoms with E-state index in [2.05, 4.69) is 10.4 Å². The van der Waals surface area contributed by atoms with E-state index < -0.39 is 11.6 Å². The largest absolute Gasteiger partial charge is 0.476 e. The van der Waals surface area contributed by atoms with Crippen LogP contribution in [0, 0.1) is 0 Å². The van der Waals surface area contributed by atoms with Gasteiger partial charge in [0, 0.05) is 33.7 Å². The lowest BCUT2D eigenvalue weighted by Crippen LogP contribution is -2.38. The maximum atomic E-state index is 11.8. The summed E-state index contributed by atoms with van der Waals surface area (Å²) in [6.07, 6.45) is -0.372. The molecule has 8 heteroatoms. The van der Waals surface area contributed by atoms with E-state index in [0.717, 1.165) is 5.69 Å². The lowest BCUT2D eigenvalue weighted by atomic mass is 10.2. The van der Waals surface area contributed by atoms with Crippen molar-refractivity contribution in [2.24, 2.45) is 7.05 Å². The predicted octanol–water partition coefficient (Wildman–Crippen LogP) is 1.07. The minimum absolute atomic E-state index is 0.0187. The predicted molar refractivity (Wildman–Crippen MR) is 80.7 cm³/mol. The number of rotatable bonds is 6. The third-order valence-corrected chi connectivity index (χ3v) is 2.83. The molecule has 124 valence electrons. The molecule has 22 heavy (non-hydrogen) atoms. The minimum Gasteiger partial charge on any atom is -0.476 e. The maximum absolute atomic E-state index is 11.8. The van der Waals surface area contributed by atoms with E-state index >= 15 is 0 Å². The number of likely N-dealkylation sites (N-methyl/N-ethyl adjacent to an activating group) is 1. The molecular formula is C14H24N4O4. The van der Waals surface area contributed by atoms with Gasteiger partial charge in [-0.1, -0.05) is 0 Å². The van der Waals surface area contributed by atoms with E-state index in [4.69, 9.17) is 9.84 Å². The number of amides is 1. The summed E-state index contributed by atoms with van der Waals surface area (Å²) in [5.41, 5.74) is 0.267. The van der Waals surface area contributed by atoms with Crippen molar-refractivity contribution >= 4 is 12.1 Å². The molecule has 1 amide bonds. The van der Waals surface area contributed by atoms with Gasteiger partial charge in [0.2, 0.25) is 0 Å². The summed E-state index contributed by atoms with van der Waals surface area (Å²) >= 11 is 0. The summed E-state index contributed by atoms with van der Waals surface area (Å²) in [5, 5.41) is 15.9. The molecule has 0 saturated heterocycles. The molecule has 8 nitrogen and oxygen atoms in total.